The van der Waals surface area contributed by atoms with Crippen LogP contribution in [0.5, 0.6) is 5.75 Å². The molecule has 3 heteroatoms. The van der Waals surface area contributed by atoms with Crippen molar-refractivity contribution in [3.8, 4) is 5.75 Å². The largest absolute Gasteiger partial charge is 0.491 e. The average Bonchev–Trinajstić information content (AvgIpc) is 2.47. The quantitative estimate of drug-likeness (QED) is 0.866. The zero-order valence-electron chi connectivity index (χ0n) is 13.9. The Labute approximate surface area is 129 Å². The third-order valence-electron chi connectivity index (χ3n) is 4.19. The Balaban J connectivity index is 1.89. The fourth-order valence-corrected chi connectivity index (χ4v) is 3.04. The number of nitrogens with zero attached hydrogens (tertiary/aromatic N) is 1. The molecule has 3 nitrogen and oxygen atoms in total. The number of ether oxygens (including phenoxy) is 1. The molecule has 1 heterocycles. The fourth-order valence-electron chi connectivity index (χ4n) is 3.04. The molecule has 2 rings (SSSR count). The minimum Gasteiger partial charge on any atom is -0.491 e. The molecule has 2 atom stereocenters. The number of nitrogens with one attached hydrogen (secondary N) is 1. The monoisotopic (exact) mass is 290 g/mol. The Bertz CT molecular complexity index is 416. The van der Waals surface area contributed by atoms with Gasteiger partial charge in [0.25, 0.3) is 0 Å². The first-order chi connectivity index (χ1) is 10.1. The zero-order chi connectivity index (χ0) is 15.2. The molecule has 1 aliphatic heterocycles. The summed E-state index contributed by atoms with van der Waals surface area (Å²) < 4.78 is 5.70. The first kappa shape index (κ1) is 16.3. The molecule has 2 unspecified atom stereocenters. The summed E-state index contributed by atoms with van der Waals surface area (Å²) >= 11 is 0. The number of hydrogen-bond donors (Lipinski definition) is 1. The van der Waals surface area contributed by atoms with Crippen LogP contribution in [0.4, 0.5) is 0 Å². The number of likely N-dealkylation sites (tertiary alicyclic amines) is 1. The summed E-state index contributed by atoms with van der Waals surface area (Å²) in [5.41, 5.74) is 1.33. The molecule has 1 aromatic carbocycles. The Morgan fingerprint density at radius 2 is 1.95 bits per heavy atom. The highest BCUT2D eigenvalue weighted by molar-refractivity contribution is 5.29. The summed E-state index contributed by atoms with van der Waals surface area (Å²) in [7, 11) is 0. The standard InChI is InChI=1S/C18H30N2O/c1-5-20-12-6-7-17(13-20)19-15(4)16-8-10-18(11-9-16)21-14(2)3/h8-11,14-15,17,19H,5-7,12-13H2,1-4H3. The van der Waals surface area contributed by atoms with Crippen LogP contribution in [0.15, 0.2) is 24.3 Å². The minimum atomic E-state index is 0.230. The van der Waals surface area contributed by atoms with Gasteiger partial charge in [-0.1, -0.05) is 19.1 Å². The molecule has 0 aliphatic carbocycles. The second-order valence-corrected chi connectivity index (χ2v) is 6.36. The molecule has 118 valence electrons. The van der Waals surface area contributed by atoms with Crippen molar-refractivity contribution < 1.29 is 4.74 Å². The molecule has 1 aromatic rings. The third-order valence-corrected chi connectivity index (χ3v) is 4.19. The summed E-state index contributed by atoms with van der Waals surface area (Å²) in [6, 6.07) is 9.51. The highest BCUT2D eigenvalue weighted by Gasteiger charge is 2.20. The molecule has 21 heavy (non-hydrogen) atoms. The van der Waals surface area contributed by atoms with E-state index in [1.54, 1.807) is 0 Å². The van der Waals surface area contributed by atoms with Gasteiger partial charge in [0.1, 0.15) is 5.75 Å². The van der Waals surface area contributed by atoms with Crippen molar-refractivity contribution in [1.29, 1.82) is 0 Å². The molecule has 1 fully saturated rings. The normalized spacial score (nSPS) is 21.5. The van der Waals surface area contributed by atoms with Crippen LogP contribution in [0.25, 0.3) is 0 Å². The molecule has 0 spiro atoms. The topological polar surface area (TPSA) is 24.5 Å². The van der Waals surface area contributed by atoms with Gasteiger partial charge >= 0.3 is 0 Å². The SMILES string of the molecule is CCN1CCCC(NC(C)c2ccc(OC(C)C)cc2)C1. The van der Waals surface area contributed by atoms with E-state index in [1.807, 2.05) is 0 Å². The maximum atomic E-state index is 5.70. The lowest BCUT2D eigenvalue weighted by Crippen LogP contribution is -2.46. The fraction of sp³-hybridized carbons (Fsp3) is 0.667. The summed E-state index contributed by atoms with van der Waals surface area (Å²) in [4.78, 5) is 2.54. The van der Waals surface area contributed by atoms with Gasteiger partial charge in [0.15, 0.2) is 0 Å². The second-order valence-electron chi connectivity index (χ2n) is 6.36. The van der Waals surface area contributed by atoms with Crippen LogP contribution in [-0.2, 0) is 0 Å². The van der Waals surface area contributed by atoms with Crippen molar-refractivity contribution in [3.63, 3.8) is 0 Å². The van der Waals surface area contributed by atoms with Crippen LogP contribution < -0.4 is 10.1 Å². The van der Waals surface area contributed by atoms with E-state index in [4.69, 9.17) is 4.74 Å². The minimum absolute atomic E-state index is 0.230. The van der Waals surface area contributed by atoms with E-state index in [-0.39, 0.29) is 6.10 Å². The van der Waals surface area contributed by atoms with E-state index in [1.165, 1.54) is 31.5 Å². The summed E-state index contributed by atoms with van der Waals surface area (Å²) in [5.74, 6) is 0.954. The van der Waals surface area contributed by atoms with Gasteiger partial charge in [0.05, 0.1) is 6.10 Å². The predicted molar refractivity (Wildman–Crippen MR) is 88.9 cm³/mol. The molecule has 1 aliphatic rings. The lowest BCUT2D eigenvalue weighted by molar-refractivity contribution is 0.192. The number of rotatable bonds is 6. The molecule has 0 saturated carbocycles. The van der Waals surface area contributed by atoms with Gasteiger partial charge in [-0.25, -0.2) is 0 Å². The molecular weight excluding hydrogens is 260 g/mol. The molecule has 0 radical (unpaired) electrons. The van der Waals surface area contributed by atoms with E-state index in [2.05, 4.69) is 62.2 Å². The number of benzene rings is 1. The number of hydrogen-bond acceptors (Lipinski definition) is 3. The summed E-state index contributed by atoms with van der Waals surface area (Å²) in [6.07, 6.45) is 2.82. The number of piperidine rings is 1. The zero-order valence-corrected chi connectivity index (χ0v) is 13.9. The van der Waals surface area contributed by atoms with Crippen LogP contribution in [0.3, 0.4) is 0 Å². The van der Waals surface area contributed by atoms with Crippen molar-refractivity contribution in [2.24, 2.45) is 0 Å². The van der Waals surface area contributed by atoms with E-state index in [0.717, 1.165) is 12.3 Å². The van der Waals surface area contributed by atoms with Gasteiger partial charge < -0.3 is 15.0 Å². The molecule has 0 bridgehead atoms. The number of likely N-dealkylation sites (N-methyl/N-ethyl adjacent to an activating group) is 1. The van der Waals surface area contributed by atoms with Crippen molar-refractivity contribution in [1.82, 2.24) is 10.2 Å². The smallest absolute Gasteiger partial charge is 0.119 e. The Morgan fingerprint density at radius 3 is 2.57 bits per heavy atom. The first-order valence-electron chi connectivity index (χ1n) is 8.33. The lowest BCUT2D eigenvalue weighted by Gasteiger charge is -2.34. The predicted octanol–water partition coefficient (Wildman–Crippen LogP) is 3.61. The molecule has 1 N–H and O–H groups in total. The Kier molecular flexibility index (Phi) is 6.07. The first-order valence-corrected chi connectivity index (χ1v) is 8.33. The molecule has 0 amide bonds. The summed E-state index contributed by atoms with van der Waals surface area (Å²) in [5, 5.41) is 3.78. The summed E-state index contributed by atoms with van der Waals surface area (Å²) in [6.45, 7) is 12.2. The second kappa shape index (κ2) is 7.81. The third kappa shape index (κ3) is 5.01. The van der Waals surface area contributed by atoms with Gasteiger partial charge in [-0.3, -0.25) is 0 Å². The van der Waals surface area contributed by atoms with E-state index in [9.17, 15) is 0 Å². The van der Waals surface area contributed by atoms with Crippen LogP contribution in [0, 0.1) is 0 Å². The average molecular weight is 290 g/mol. The van der Waals surface area contributed by atoms with Crippen molar-refractivity contribution in [3.05, 3.63) is 29.8 Å². The van der Waals surface area contributed by atoms with Gasteiger partial charge in [0, 0.05) is 18.6 Å². The van der Waals surface area contributed by atoms with Crippen LogP contribution in [-0.4, -0.2) is 36.7 Å². The van der Waals surface area contributed by atoms with Gasteiger partial charge in [0.2, 0.25) is 0 Å². The van der Waals surface area contributed by atoms with Crippen molar-refractivity contribution >= 4 is 0 Å². The van der Waals surface area contributed by atoms with E-state index in [0.29, 0.717) is 12.1 Å². The van der Waals surface area contributed by atoms with Crippen LogP contribution in [0.2, 0.25) is 0 Å². The Morgan fingerprint density at radius 1 is 1.24 bits per heavy atom. The molecule has 1 saturated heterocycles. The van der Waals surface area contributed by atoms with Crippen LogP contribution in [0.1, 0.15) is 52.1 Å². The van der Waals surface area contributed by atoms with Gasteiger partial charge in [-0.2, -0.15) is 0 Å². The Hall–Kier alpha value is -1.06. The highest BCUT2D eigenvalue weighted by atomic mass is 16.5. The lowest BCUT2D eigenvalue weighted by atomic mass is 10.0. The van der Waals surface area contributed by atoms with Gasteiger partial charge in [-0.15, -0.1) is 0 Å². The van der Waals surface area contributed by atoms with Crippen molar-refractivity contribution in [2.75, 3.05) is 19.6 Å². The van der Waals surface area contributed by atoms with Gasteiger partial charge in [-0.05, 0) is 64.4 Å². The maximum Gasteiger partial charge on any atom is 0.119 e. The van der Waals surface area contributed by atoms with Crippen molar-refractivity contribution in [2.45, 2.75) is 58.7 Å². The van der Waals surface area contributed by atoms with E-state index < -0.39 is 0 Å². The molecule has 0 aromatic heterocycles. The highest BCUT2D eigenvalue weighted by Crippen LogP contribution is 2.20. The molecular formula is C18H30N2O. The maximum absolute atomic E-state index is 5.70. The van der Waals surface area contributed by atoms with Crippen LogP contribution >= 0.6 is 0 Å². The van der Waals surface area contributed by atoms with E-state index >= 15 is 0 Å².